The Kier molecular flexibility index (Phi) is 14.7. The molecule has 0 heterocycles. The fourth-order valence-electron chi connectivity index (χ4n) is 2.69. The number of allylic oxidation sites excluding steroid dienone is 1. The number of hydrogen-bond donors (Lipinski definition) is 4. The molecule has 0 radical (unpaired) electrons. The van der Waals surface area contributed by atoms with E-state index in [1.165, 1.54) is 6.08 Å². The fraction of sp³-hybridized carbons (Fsp3) is 0.684. The van der Waals surface area contributed by atoms with Crippen LogP contribution in [0.4, 0.5) is 0 Å². The predicted octanol–water partition coefficient (Wildman–Crippen LogP) is 2.57. The summed E-state index contributed by atoms with van der Waals surface area (Å²) in [6, 6.07) is 0. The molecule has 0 bridgehead atoms. The third kappa shape index (κ3) is 14.6. The van der Waals surface area contributed by atoms with Crippen molar-refractivity contribution in [3.05, 3.63) is 12.2 Å². The number of unbranched alkanes of at least 4 members (excludes halogenated alkanes) is 1. The lowest BCUT2D eigenvalue weighted by molar-refractivity contribution is -0.143. The van der Waals surface area contributed by atoms with E-state index in [1.54, 1.807) is 6.21 Å². The van der Waals surface area contributed by atoms with Crippen molar-refractivity contribution in [2.75, 3.05) is 13.1 Å². The zero-order valence-electron chi connectivity index (χ0n) is 15.8. The molecule has 8 nitrogen and oxygen atoms in total. The van der Waals surface area contributed by atoms with E-state index in [2.05, 4.69) is 4.99 Å². The van der Waals surface area contributed by atoms with Crippen molar-refractivity contribution in [2.45, 2.75) is 57.8 Å². The first kappa shape index (κ1) is 24.8. The van der Waals surface area contributed by atoms with Gasteiger partial charge in [0.1, 0.15) is 0 Å². The molecule has 0 saturated carbocycles. The number of carbonyl (C=O) groups is 3. The SMILES string of the molecule is NCCCN=CCCC(CCCCC(CCC=CC(=O)O)C(=O)O)C(=O)O. The summed E-state index contributed by atoms with van der Waals surface area (Å²) in [5, 5.41) is 27.0. The Morgan fingerprint density at radius 2 is 1.41 bits per heavy atom. The average molecular weight is 384 g/mol. The first-order chi connectivity index (χ1) is 12.9. The molecule has 0 aliphatic carbocycles. The summed E-state index contributed by atoms with van der Waals surface area (Å²) in [5.41, 5.74) is 5.37. The second-order valence-corrected chi connectivity index (χ2v) is 6.48. The minimum atomic E-state index is -1.05. The quantitative estimate of drug-likeness (QED) is 0.171. The predicted molar refractivity (Wildman–Crippen MR) is 103 cm³/mol. The molecule has 2 atom stereocenters. The van der Waals surface area contributed by atoms with Crippen LogP contribution in [0, 0.1) is 11.8 Å². The van der Waals surface area contributed by atoms with E-state index in [0.717, 1.165) is 12.5 Å². The van der Waals surface area contributed by atoms with Crippen LogP contribution in [-0.4, -0.2) is 52.5 Å². The van der Waals surface area contributed by atoms with Gasteiger partial charge in [-0.1, -0.05) is 18.9 Å². The van der Waals surface area contributed by atoms with Gasteiger partial charge in [-0.15, -0.1) is 0 Å². The number of carboxylic acids is 3. The van der Waals surface area contributed by atoms with Crippen LogP contribution in [0.25, 0.3) is 0 Å². The van der Waals surface area contributed by atoms with Crippen molar-refractivity contribution in [3.63, 3.8) is 0 Å². The number of nitrogens with two attached hydrogens (primary N) is 1. The van der Waals surface area contributed by atoms with Gasteiger partial charge in [0.25, 0.3) is 0 Å². The lowest BCUT2D eigenvalue weighted by Gasteiger charge is -2.13. The first-order valence-electron chi connectivity index (χ1n) is 9.41. The van der Waals surface area contributed by atoms with Crippen LogP contribution in [-0.2, 0) is 14.4 Å². The van der Waals surface area contributed by atoms with Gasteiger partial charge in [0, 0.05) is 12.6 Å². The van der Waals surface area contributed by atoms with Gasteiger partial charge in [-0.2, -0.15) is 0 Å². The van der Waals surface area contributed by atoms with Crippen LogP contribution in [0.5, 0.6) is 0 Å². The van der Waals surface area contributed by atoms with Crippen LogP contribution in [0.3, 0.4) is 0 Å². The molecule has 0 aliphatic rings. The van der Waals surface area contributed by atoms with Crippen molar-refractivity contribution in [2.24, 2.45) is 22.6 Å². The molecule has 5 N–H and O–H groups in total. The van der Waals surface area contributed by atoms with Crippen LogP contribution in [0.1, 0.15) is 57.8 Å². The molecule has 2 unspecified atom stereocenters. The fourth-order valence-corrected chi connectivity index (χ4v) is 2.69. The monoisotopic (exact) mass is 384 g/mol. The van der Waals surface area contributed by atoms with Gasteiger partial charge in [-0.3, -0.25) is 14.6 Å². The summed E-state index contributed by atoms with van der Waals surface area (Å²) in [7, 11) is 0. The smallest absolute Gasteiger partial charge is 0.327 e. The maximum Gasteiger partial charge on any atom is 0.327 e. The second kappa shape index (κ2) is 16.0. The number of hydrogen-bond acceptors (Lipinski definition) is 5. The normalized spacial score (nSPS) is 13.8. The molecule has 0 aromatic carbocycles. The van der Waals surface area contributed by atoms with E-state index in [-0.39, 0.29) is 0 Å². The third-order valence-electron chi connectivity index (χ3n) is 4.26. The maximum absolute atomic E-state index is 11.3. The molecule has 0 fully saturated rings. The van der Waals surface area contributed by atoms with Gasteiger partial charge in [0.2, 0.25) is 0 Å². The van der Waals surface area contributed by atoms with Crippen molar-refractivity contribution < 1.29 is 29.7 Å². The molecular weight excluding hydrogens is 352 g/mol. The van der Waals surface area contributed by atoms with Crippen LogP contribution < -0.4 is 5.73 Å². The van der Waals surface area contributed by atoms with Crippen LogP contribution >= 0.6 is 0 Å². The molecule has 0 rings (SSSR count). The summed E-state index contributed by atoms with van der Waals surface area (Å²) in [4.78, 5) is 37.1. The highest BCUT2D eigenvalue weighted by molar-refractivity contribution is 5.79. The zero-order chi connectivity index (χ0) is 20.5. The lowest BCUT2D eigenvalue weighted by atomic mass is 9.92. The van der Waals surface area contributed by atoms with Crippen molar-refractivity contribution in [3.8, 4) is 0 Å². The molecule has 27 heavy (non-hydrogen) atoms. The first-order valence-corrected chi connectivity index (χ1v) is 9.41. The molecule has 0 amide bonds. The molecular formula is C19H32N2O6. The summed E-state index contributed by atoms with van der Waals surface area (Å²) < 4.78 is 0. The second-order valence-electron chi connectivity index (χ2n) is 6.48. The molecule has 8 heteroatoms. The van der Waals surface area contributed by atoms with Crippen LogP contribution in [0.2, 0.25) is 0 Å². The van der Waals surface area contributed by atoms with E-state index < -0.39 is 29.7 Å². The molecule has 0 spiro atoms. The Labute approximate surface area is 160 Å². The molecule has 0 saturated heterocycles. The Morgan fingerprint density at radius 3 is 1.89 bits per heavy atom. The number of aliphatic carboxylic acids is 3. The zero-order valence-corrected chi connectivity index (χ0v) is 15.8. The number of nitrogens with zero attached hydrogens (tertiary/aromatic N) is 1. The summed E-state index contributed by atoms with van der Waals surface area (Å²) in [5.74, 6) is -3.78. The molecule has 0 aliphatic heterocycles. The molecule has 0 aromatic rings. The van der Waals surface area contributed by atoms with Gasteiger partial charge in [-0.05, 0) is 57.7 Å². The minimum absolute atomic E-state index is 0.376. The highest BCUT2D eigenvalue weighted by Gasteiger charge is 2.19. The highest BCUT2D eigenvalue weighted by atomic mass is 16.4. The lowest BCUT2D eigenvalue weighted by Crippen LogP contribution is -2.15. The van der Waals surface area contributed by atoms with E-state index in [0.29, 0.717) is 64.5 Å². The summed E-state index contributed by atoms with van der Waals surface area (Å²) >= 11 is 0. The maximum atomic E-state index is 11.3. The van der Waals surface area contributed by atoms with Crippen molar-refractivity contribution in [1.82, 2.24) is 0 Å². The van der Waals surface area contributed by atoms with E-state index in [1.807, 2.05) is 0 Å². The largest absolute Gasteiger partial charge is 0.481 e. The van der Waals surface area contributed by atoms with Crippen molar-refractivity contribution >= 4 is 24.1 Å². The number of carboxylic acid groups (broad SMARTS) is 3. The van der Waals surface area contributed by atoms with Crippen LogP contribution in [0.15, 0.2) is 17.1 Å². The molecule has 0 aromatic heterocycles. The van der Waals surface area contributed by atoms with Gasteiger partial charge in [0.15, 0.2) is 0 Å². The molecule has 154 valence electrons. The Bertz CT molecular complexity index is 504. The average Bonchev–Trinajstić information content (AvgIpc) is 2.60. The summed E-state index contributed by atoms with van der Waals surface area (Å²) in [6.07, 6.45) is 9.17. The highest BCUT2D eigenvalue weighted by Crippen LogP contribution is 2.20. The van der Waals surface area contributed by atoms with E-state index >= 15 is 0 Å². The van der Waals surface area contributed by atoms with E-state index in [9.17, 15) is 24.6 Å². The van der Waals surface area contributed by atoms with Gasteiger partial charge in [0.05, 0.1) is 11.8 Å². The van der Waals surface area contributed by atoms with E-state index in [4.69, 9.17) is 10.8 Å². The summed E-state index contributed by atoms with van der Waals surface area (Å²) in [6.45, 7) is 1.24. The third-order valence-corrected chi connectivity index (χ3v) is 4.26. The Balaban J connectivity index is 4.14. The Hall–Kier alpha value is -2.22. The van der Waals surface area contributed by atoms with Gasteiger partial charge in [-0.25, -0.2) is 4.79 Å². The topological polar surface area (TPSA) is 150 Å². The minimum Gasteiger partial charge on any atom is -0.481 e. The standard InChI is InChI=1S/C19H32N2O6/c20-12-6-14-21-13-5-10-16(19(26)27)8-2-1-7-15(18(24)25)9-3-4-11-17(22)23/h4,11,13,15-16H,1-3,5-10,12,14,20H2,(H,22,23)(H,24,25)(H,26,27). The van der Waals surface area contributed by atoms with Crippen molar-refractivity contribution in [1.29, 1.82) is 0 Å². The number of aliphatic imine (C=N–C) groups is 1. The van der Waals surface area contributed by atoms with Gasteiger partial charge < -0.3 is 21.1 Å². The Morgan fingerprint density at radius 1 is 0.852 bits per heavy atom. The van der Waals surface area contributed by atoms with Gasteiger partial charge >= 0.3 is 17.9 Å². The number of rotatable bonds is 17.